The molecule has 5 rings (SSSR count). The molecule has 1 saturated heterocycles. The molecule has 8 nitrogen and oxygen atoms in total. The first-order chi connectivity index (χ1) is 18.4. The van der Waals surface area contributed by atoms with Gasteiger partial charge in [-0.3, -0.25) is 14.5 Å². The van der Waals surface area contributed by atoms with Crippen LogP contribution in [0.2, 0.25) is 0 Å². The minimum Gasteiger partial charge on any atom is -0.444 e. The Kier molecular flexibility index (Phi) is 6.79. The second-order valence-corrected chi connectivity index (χ2v) is 11.5. The number of benzene rings is 2. The molecule has 0 aromatic heterocycles. The van der Waals surface area contributed by atoms with Crippen LogP contribution in [-0.2, 0) is 27.2 Å². The summed E-state index contributed by atoms with van der Waals surface area (Å²) in [5.41, 5.74) is 0.991. The molecule has 2 fully saturated rings. The lowest BCUT2D eigenvalue weighted by Crippen LogP contribution is -2.55. The molecule has 3 amide bonds. The SMILES string of the molecule is CC(C)(C)OC(=O)N1[C@@H]2CC[C@@H](C2)[C@H]1C(=O)N[C@H](C#N)Cc1ccc(-c2ccc3c(c2)NC(=O)C3)c(F)c1F. The number of carbonyl (C=O) groups excluding carboxylic acids is 3. The quantitative estimate of drug-likeness (QED) is 0.586. The van der Waals surface area contributed by atoms with Gasteiger partial charge in [0.2, 0.25) is 11.8 Å². The summed E-state index contributed by atoms with van der Waals surface area (Å²) in [6.45, 7) is 5.25. The summed E-state index contributed by atoms with van der Waals surface area (Å²) in [5, 5.41) is 15.1. The molecule has 2 aromatic carbocycles. The highest BCUT2D eigenvalue weighted by Gasteiger charge is 2.52. The second kappa shape index (κ2) is 9.95. The van der Waals surface area contributed by atoms with Crippen molar-refractivity contribution in [3.05, 3.63) is 53.1 Å². The Balaban J connectivity index is 1.31. The van der Waals surface area contributed by atoms with Crippen molar-refractivity contribution in [2.45, 2.75) is 76.6 Å². The first kappa shape index (κ1) is 26.6. The van der Waals surface area contributed by atoms with E-state index < -0.39 is 41.3 Å². The van der Waals surface area contributed by atoms with Gasteiger partial charge < -0.3 is 15.4 Å². The lowest BCUT2D eigenvalue weighted by atomic mass is 9.96. The minimum absolute atomic E-state index is 0.0210. The zero-order valence-corrected chi connectivity index (χ0v) is 22.0. The zero-order chi connectivity index (χ0) is 28.1. The lowest BCUT2D eigenvalue weighted by Gasteiger charge is -2.35. The Bertz CT molecular complexity index is 1400. The van der Waals surface area contributed by atoms with Crippen molar-refractivity contribution in [1.29, 1.82) is 5.26 Å². The molecule has 2 N–H and O–H groups in total. The van der Waals surface area contributed by atoms with E-state index in [4.69, 9.17) is 4.74 Å². The standard InChI is InChI=1S/C29H30F2N4O4/c1-29(2,3)39-28(38)35-20-8-6-18(11-20)26(35)27(37)33-19(14-32)10-17-7-9-21(25(31)24(17)30)15-4-5-16-13-23(36)34-22(16)12-15/h4-5,7,9,12,18-20,26H,6,8,10-11,13H2,1-3H3,(H,33,37)(H,34,36)/t18-,19-,20+,26-/m0/s1. The third-order valence-corrected chi connectivity index (χ3v) is 7.56. The molecule has 3 aliphatic rings. The monoisotopic (exact) mass is 536 g/mol. The highest BCUT2D eigenvalue weighted by molar-refractivity contribution is 6.00. The maximum Gasteiger partial charge on any atom is 0.411 e. The highest BCUT2D eigenvalue weighted by atomic mass is 19.2. The Labute approximate surface area is 225 Å². The molecule has 0 unspecified atom stereocenters. The molecule has 1 saturated carbocycles. The van der Waals surface area contributed by atoms with Gasteiger partial charge in [0.1, 0.15) is 17.7 Å². The Morgan fingerprint density at radius 3 is 2.69 bits per heavy atom. The van der Waals surface area contributed by atoms with E-state index in [0.717, 1.165) is 18.4 Å². The van der Waals surface area contributed by atoms with Gasteiger partial charge in [-0.05, 0) is 68.7 Å². The molecule has 1 aliphatic carbocycles. The minimum atomic E-state index is -1.13. The summed E-state index contributed by atoms with van der Waals surface area (Å²) < 4.78 is 35.8. The molecule has 10 heteroatoms. The smallest absolute Gasteiger partial charge is 0.411 e. The number of likely N-dealkylation sites (tertiary alicyclic amines) is 1. The van der Waals surface area contributed by atoms with E-state index in [9.17, 15) is 19.6 Å². The lowest BCUT2D eigenvalue weighted by molar-refractivity contribution is -0.128. The summed E-state index contributed by atoms with van der Waals surface area (Å²) in [6.07, 6.45) is 1.67. The first-order valence-corrected chi connectivity index (χ1v) is 13.1. The number of anilines is 1. The number of nitrogens with one attached hydrogen (secondary N) is 2. The van der Waals surface area contributed by atoms with Gasteiger partial charge in [-0.2, -0.15) is 5.26 Å². The van der Waals surface area contributed by atoms with E-state index in [2.05, 4.69) is 10.6 Å². The molecule has 2 heterocycles. The van der Waals surface area contributed by atoms with Gasteiger partial charge in [-0.25, -0.2) is 13.6 Å². The van der Waals surface area contributed by atoms with E-state index in [0.29, 0.717) is 17.7 Å². The van der Waals surface area contributed by atoms with Crippen molar-refractivity contribution in [2.75, 3.05) is 5.32 Å². The number of ether oxygens (including phenoxy) is 1. The molecular formula is C29H30F2N4O4. The van der Waals surface area contributed by atoms with Gasteiger partial charge in [-0.15, -0.1) is 0 Å². The van der Waals surface area contributed by atoms with Crippen LogP contribution in [0, 0.1) is 28.9 Å². The Hall–Kier alpha value is -4.00. The molecule has 2 bridgehead atoms. The number of nitriles is 1. The van der Waals surface area contributed by atoms with Crippen LogP contribution in [0.25, 0.3) is 11.1 Å². The van der Waals surface area contributed by atoms with E-state index in [-0.39, 0.29) is 41.8 Å². The van der Waals surface area contributed by atoms with E-state index in [1.54, 1.807) is 39.0 Å². The van der Waals surface area contributed by atoms with Crippen LogP contribution in [0.1, 0.15) is 51.2 Å². The maximum atomic E-state index is 15.1. The number of piperidine rings is 1. The summed E-state index contributed by atoms with van der Waals surface area (Å²) in [6, 6.07) is 7.68. The number of nitrogens with zero attached hydrogens (tertiary/aromatic N) is 2. The van der Waals surface area contributed by atoms with Gasteiger partial charge in [0.15, 0.2) is 11.6 Å². The molecule has 0 radical (unpaired) electrons. The fourth-order valence-electron chi connectivity index (χ4n) is 5.86. The van der Waals surface area contributed by atoms with Crippen LogP contribution in [0.3, 0.4) is 0 Å². The van der Waals surface area contributed by atoms with Crippen LogP contribution in [-0.4, -0.2) is 46.5 Å². The summed E-state index contributed by atoms with van der Waals surface area (Å²) in [5.74, 6) is -2.90. The van der Waals surface area contributed by atoms with Crippen LogP contribution in [0.15, 0.2) is 30.3 Å². The predicted molar refractivity (Wildman–Crippen MR) is 138 cm³/mol. The number of carbonyl (C=O) groups is 3. The maximum absolute atomic E-state index is 15.1. The van der Waals surface area contributed by atoms with Gasteiger partial charge >= 0.3 is 6.09 Å². The average molecular weight is 537 g/mol. The summed E-state index contributed by atoms with van der Waals surface area (Å²) in [4.78, 5) is 39.2. The fraction of sp³-hybridized carbons (Fsp3) is 0.448. The normalized spacial score (nSPS) is 22.2. The highest BCUT2D eigenvalue weighted by Crippen LogP contribution is 2.43. The van der Waals surface area contributed by atoms with Crippen LogP contribution >= 0.6 is 0 Å². The van der Waals surface area contributed by atoms with Gasteiger partial charge in [0, 0.05) is 23.7 Å². The van der Waals surface area contributed by atoms with E-state index in [1.807, 2.05) is 6.07 Å². The van der Waals surface area contributed by atoms with Crippen molar-refractivity contribution in [1.82, 2.24) is 10.2 Å². The number of fused-ring (bicyclic) bond motifs is 3. The first-order valence-electron chi connectivity index (χ1n) is 13.1. The fourth-order valence-corrected chi connectivity index (χ4v) is 5.86. The number of halogens is 2. The van der Waals surface area contributed by atoms with Gasteiger partial charge in [0.05, 0.1) is 12.5 Å². The van der Waals surface area contributed by atoms with Crippen molar-refractivity contribution in [2.24, 2.45) is 5.92 Å². The molecule has 0 spiro atoms. The van der Waals surface area contributed by atoms with E-state index >= 15 is 8.78 Å². The topological polar surface area (TPSA) is 112 Å². The molecule has 2 aromatic rings. The van der Waals surface area contributed by atoms with E-state index in [1.165, 1.54) is 17.0 Å². The van der Waals surface area contributed by atoms with Gasteiger partial charge in [-0.1, -0.05) is 24.3 Å². The van der Waals surface area contributed by atoms with Crippen molar-refractivity contribution in [3.63, 3.8) is 0 Å². The molecule has 204 valence electrons. The van der Waals surface area contributed by atoms with Crippen LogP contribution in [0.4, 0.5) is 19.3 Å². The third-order valence-electron chi connectivity index (χ3n) is 7.56. The summed E-state index contributed by atoms with van der Waals surface area (Å²) in [7, 11) is 0. The summed E-state index contributed by atoms with van der Waals surface area (Å²) >= 11 is 0. The number of hydrogen-bond donors (Lipinski definition) is 2. The average Bonchev–Trinajstić information content (AvgIpc) is 3.58. The Morgan fingerprint density at radius 2 is 1.97 bits per heavy atom. The molecule has 2 aliphatic heterocycles. The molecular weight excluding hydrogens is 506 g/mol. The van der Waals surface area contributed by atoms with Crippen molar-refractivity contribution >= 4 is 23.6 Å². The zero-order valence-electron chi connectivity index (χ0n) is 22.0. The molecule has 4 atom stereocenters. The van der Waals surface area contributed by atoms with Crippen molar-refractivity contribution in [3.8, 4) is 17.2 Å². The Morgan fingerprint density at radius 1 is 1.21 bits per heavy atom. The van der Waals surface area contributed by atoms with Crippen LogP contribution < -0.4 is 10.6 Å². The molecule has 39 heavy (non-hydrogen) atoms. The van der Waals surface area contributed by atoms with Crippen LogP contribution in [0.5, 0.6) is 0 Å². The predicted octanol–water partition coefficient (Wildman–Crippen LogP) is 4.47. The number of rotatable bonds is 5. The second-order valence-electron chi connectivity index (χ2n) is 11.5. The van der Waals surface area contributed by atoms with Gasteiger partial charge in [0.25, 0.3) is 0 Å². The number of amides is 3. The number of hydrogen-bond acceptors (Lipinski definition) is 5. The largest absolute Gasteiger partial charge is 0.444 e. The van der Waals surface area contributed by atoms with Crippen molar-refractivity contribution < 1.29 is 27.9 Å². The third kappa shape index (κ3) is 5.18.